The molecule has 0 unspecified atom stereocenters. The van der Waals surface area contributed by atoms with Crippen molar-refractivity contribution in [2.24, 2.45) is 11.8 Å². The Morgan fingerprint density at radius 3 is 2.20 bits per heavy atom. The fraction of sp³-hybridized carbons (Fsp3) is 0.923. The van der Waals surface area contributed by atoms with Gasteiger partial charge in [0, 0.05) is 25.6 Å². The van der Waals surface area contributed by atoms with Gasteiger partial charge in [-0.15, -0.1) is 0 Å². The Morgan fingerprint density at radius 2 is 1.67 bits per heavy atom. The summed E-state index contributed by atoms with van der Waals surface area (Å²) < 4.78 is 5.46. The van der Waals surface area contributed by atoms with E-state index >= 15 is 0 Å². The summed E-state index contributed by atoms with van der Waals surface area (Å²) in [6.45, 7) is 9.92. The predicted molar refractivity (Wildman–Crippen MR) is 64.0 cm³/mol. The van der Waals surface area contributed by atoms with Crippen LogP contribution in [0.25, 0.3) is 0 Å². The van der Waals surface area contributed by atoms with E-state index in [4.69, 9.17) is 4.74 Å². The highest BCUT2D eigenvalue weighted by Gasteiger charge is 2.05. The number of hydrogen-bond donors (Lipinski definition) is 0. The number of carbonyl (C=O) groups is 1. The van der Waals surface area contributed by atoms with Gasteiger partial charge in [-0.2, -0.15) is 0 Å². The normalized spacial score (nSPS) is 11.3. The summed E-state index contributed by atoms with van der Waals surface area (Å²) in [5.74, 6) is 1.28. The first-order valence-corrected chi connectivity index (χ1v) is 6.14. The van der Waals surface area contributed by atoms with Crippen LogP contribution in [-0.4, -0.2) is 19.0 Å². The lowest BCUT2D eigenvalue weighted by Crippen LogP contribution is -2.08. The fourth-order valence-electron chi connectivity index (χ4n) is 1.33. The molecule has 0 fully saturated rings. The summed E-state index contributed by atoms with van der Waals surface area (Å²) >= 11 is 0. The number of ether oxygens (including phenoxy) is 1. The van der Waals surface area contributed by atoms with Gasteiger partial charge in [0.25, 0.3) is 0 Å². The Balaban J connectivity index is 3.15. The zero-order chi connectivity index (χ0) is 11.7. The molecule has 0 aromatic rings. The van der Waals surface area contributed by atoms with Crippen LogP contribution in [0, 0.1) is 11.8 Å². The minimum Gasteiger partial charge on any atom is -0.381 e. The fourth-order valence-corrected chi connectivity index (χ4v) is 1.33. The second-order valence-electron chi connectivity index (χ2n) is 4.87. The Kier molecular flexibility index (Phi) is 8.68. The molecule has 0 spiro atoms. The Bertz CT molecular complexity index is 162. The van der Waals surface area contributed by atoms with Gasteiger partial charge in [0.05, 0.1) is 0 Å². The molecule has 0 N–H and O–H groups in total. The van der Waals surface area contributed by atoms with Gasteiger partial charge in [-0.3, -0.25) is 4.79 Å². The van der Waals surface area contributed by atoms with E-state index in [1.54, 1.807) is 0 Å². The Morgan fingerprint density at radius 1 is 1.07 bits per heavy atom. The molecular weight excluding hydrogens is 188 g/mol. The smallest absolute Gasteiger partial charge is 0.135 e. The average molecular weight is 214 g/mol. The molecule has 0 radical (unpaired) electrons. The van der Waals surface area contributed by atoms with Crippen LogP contribution in [0.2, 0.25) is 0 Å². The lowest BCUT2D eigenvalue weighted by Gasteiger charge is -2.06. The SMILES string of the molecule is CC(C)CCCOCCCC(=O)C(C)C. The summed E-state index contributed by atoms with van der Waals surface area (Å²) in [5, 5.41) is 0. The Labute approximate surface area is 94.4 Å². The first-order valence-electron chi connectivity index (χ1n) is 6.14. The molecule has 0 atom stereocenters. The lowest BCUT2D eigenvalue weighted by atomic mass is 10.1. The zero-order valence-electron chi connectivity index (χ0n) is 10.7. The van der Waals surface area contributed by atoms with Crippen molar-refractivity contribution in [3.63, 3.8) is 0 Å². The first-order chi connectivity index (χ1) is 7.04. The summed E-state index contributed by atoms with van der Waals surface area (Å²) in [4.78, 5) is 11.3. The number of ketones is 1. The van der Waals surface area contributed by atoms with Crippen molar-refractivity contribution in [1.82, 2.24) is 0 Å². The third kappa shape index (κ3) is 9.92. The van der Waals surface area contributed by atoms with Crippen LogP contribution in [-0.2, 0) is 9.53 Å². The number of hydrogen-bond acceptors (Lipinski definition) is 2. The topological polar surface area (TPSA) is 26.3 Å². The molecule has 0 aromatic carbocycles. The van der Waals surface area contributed by atoms with Crippen molar-refractivity contribution in [3.8, 4) is 0 Å². The summed E-state index contributed by atoms with van der Waals surface area (Å²) in [7, 11) is 0. The molecule has 0 saturated carbocycles. The maximum atomic E-state index is 11.3. The van der Waals surface area contributed by atoms with Crippen molar-refractivity contribution >= 4 is 5.78 Å². The minimum absolute atomic E-state index is 0.172. The van der Waals surface area contributed by atoms with E-state index in [0.29, 0.717) is 12.2 Å². The highest BCUT2D eigenvalue weighted by Crippen LogP contribution is 2.04. The van der Waals surface area contributed by atoms with Crippen molar-refractivity contribution in [3.05, 3.63) is 0 Å². The zero-order valence-corrected chi connectivity index (χ0v) is 10.7. The maximum Gasteiger partial charge on any atom is 0.135 e. The number of carbonyl (C=O) groups excluding carboxylic acids is 1. The van der Waals surface area contributed by atoms with Gasteiger partial charge in [0.15, 0.2) is 0 Å². The monoisotopic (exact) mass is 214 g/mol. The molecule has 0 bridgehead atoms. The van der Waals surface area contributed by atoms with Gasteiger partial charge < -0.3 is 4.74 Å². The van der Waals surface area contributed by atoms with Crippen LogP contribution in [0.1, 0.15) is 53.4 Å². The highest BCUT2D eigenvalue weighted by molar-refractivity contribution is 5.80. The van der Waals surface area contributed by atoms with Crippen molar-refractivity contribution in [2.45, 2.75) is 53.4 Å². The molecule has 0 heterocycles. The van der Waals surface area contributed by atoms with E-state index < -0.39 is 0 Å². The molecule has 0 rings (SSSR count). The van der Waals surface area contributed by atoms with E-state index in [9.17, 15) is 4.79 Å². The second kappa shape index (κ2) is 8.90. The molecule has 2 heteroatoms. The lowest BCUT2D eigenvalue weighted by molar-refractivity contribution is -0.122. The molecule has 2 nitrogen and oxygen atoms in total. The van der Waals surface area contributed by atoms with Gasteiger partial charge in [0.1, 0.15) is 5.78 Å². The molecule has 0 amide bonds. The second-order valence-corrected chi connectivity index (χ2v) is 4.87. The Hall–Kier alpha value is -0.370. The highest BCUT2D eigenvalue weighted by atomic mass is 16.5. The van der Waals surface area contributed by atoms with E-state index in [1.165, 1.54) is 6.42 Å². The van der Waals surface area contributed by atoms with Crippen LogP contribution in [0.5, 0.6) is 0 Å². The quantitative estimate of drug-likeness (QED) is 0.550. The van der Waals surface area contributed by atoms with E-state index in [-0.39, 0.29) is 5.92 Å². The van der Waals surface area contributed by atoms with E-state index in [1.807, 2.05) is 13.8 Å². The standard InChI is InChI=1S/C13H26O2/c1-11(2)7-5-9-15-10-6-8-13(14)12(3)4/h11-12H,5-10H2,1-4H3. The van der Waals surface area contributed by atoms with Crippen molar-refractivity contribution < 1.29 is 9.53 Å². The summed E-state index contributed by atoms with van der Waals surface area (Å²) in [5.41, 5.74) is 0. The van der Waals surface area contributed by atoms with Crippen LogP contribution < -0.4 is 0 Å². The van der Waals surface area contributed by atoms with Crippen LogP contribution in [0.3, 0.4) is 0 Å². The third-order valence-corrected chi connectivity index (χ3v) is 2.43. The molecule has 0 aliphatic heterocycles. The van der Waals surface area contributed by atoms with Gasteiger partial charge >= 0.3 is 0 Å². The molecule has 0 aliphatic carbocycles. The molecule has 0 saturated heterocycles. The van der Waals surface area contributed by atoms with E-state index in [0.717, 1.165) is 32.0 Å². The van der Waals surface area contributed by atoms with Gasteiger partial charge in [-0.1, -0.05) is 27.7 Å². The number of Topliss-reactive ketones (excluding diaryl/α,β-unsaturated/α-hetero) is 1. The molecule has 0 aliphatic rings. The van der Waals surface area contributed by atoms with Crippen LogP contribution in [0.4, 0.5) is 0 Å². The van der Waals surface area contributed by atoms with Gasteiger partial charge in [-0.25, -0.2) is 0 Å². The third-order valence-electron chi connectivity index (χ3n) is 2.43. The summed E-state index contributed by atoms with van der Waals surface area (Å²) in [6.07, 6.45) is 3.90. The van der Waals surface area contributed by atoms with Crippen molar-refractivity contribution in [1.29, 1.82) is 0 Å². The van der Waals surface area contributed by atoms with Gasteiger partial charge in [-0.05, 0) is 25.2 Å². The summed E-state index contributed by atoms with van der Waals surface area (Å²) in [6, 6.07) is 0. The van der Waals surface area contributed by atoms with E-state index in [2.05, 4.69) is 13.8 Å². The minimum atomic E-state index is 0.172. The van der Waals surface area contributed by atoms with Crippen LogP contribution >= 0.6 is 0 Å². The predicted octanol–water partition coefficient (Wildman–Crippen LogP) is 3.44. The van der Waals surface area contributed by atoms with Crippen molar-refractivity contribution in [2.75, 3.05) is 13.2 Å². The molecule has 15 heavy (non-hydrogen) atoms. The van der Waals surface area contributed by atoms with Crippen LogP contribution in [0.15, 0.2) is 0 Å². The molecule has 0 aromatic heterocycles. The number of rotatable bonds is 9. The largest absolute Gasteiger partial charge is 0.381 e. The molecule has 90 valence electrons. The van der Waals surface area contributed by atoms with Gasteiger partial charge in [0.2, 0.25) is 0 Å². The average Bonchev–Trinajstić information content (AvgIpc) is 2.15. The maximum absolute atomic E-state index is 11.3. The first kappa shape index (κ1) is 14.6. The molecular formula is C13H26O2.